The van der Waals surface area contributed by atoms with Crippen molar-refractivity contribution >= 4 is 39.9 Å². The van der Waals surface area contributed by atoms with E-state index in [4.69, 9.17) is 19.2 Å². The molecule has 2 aliphatic heterocycles. The molecule has 5 aromatic rings. The first-order valence-corrected chi connectivity index (χ1v) is 15.6. The zero-order chi connectivity index (χ0) is 33.5. The molecule has 2 fully saturated rings. The highest BCUT2D eigenvalue weighted by Crippen LogP contribution is 2.41. The molecule has 252 valence electrons. The van der Waals surface area contributed by atoms with Gasteiger partial charge in [0.25, 0.3) is 6.43 Å². The number of hydrogen-bond acceptors (Lipinski definition) is 11. The van der Waals surface area contributed by atoms with Gasteiger partial charge in [0, 0.05) is 46.0 Å². The molecule has 0 spiro atoms. The molecule has 2 aliphatic rings. The van der Waals surface area contributed by atoms with E-state index in [1.807, 2.05) is 17.0 Å². The van der Waals surface area contributed by atoms with Crippen LogP contribution in [0.15, 0.2) is 36.5 Å². The van der Waals surface area contributed by atoms with Crippen molar-refractivity contribution in [1.82, 2.24) is 34.3 Å². The number of aromatic nitrogens is 7. The minimum Gasteiger partial charge on any atom is -0.494 e. The van der Waals surface area contributed by atoms with Crippen molar-refractivity contribution in [1.29, 1.82) is 0 Å². The molecule has 0 saturated carbocycles. The van der Waals surface area contributed by atoms with Crippen LogP contribution in [0.4, 0.5) is 41.9 Å². The summed E-state index contributed by atoms with van der Waals surface area (Å²) in [6.07, 6.45) is 0.0767. The quantitative estimate of drug-likeness (QED) is 0.181. The molecule has 1 atom stereocenters. The van der Waals surface area contributed by atoms with Gasteiger partial charge in [-0.05, 0) is 38.3 Å². The first-order chi connectivity index (χ1) is 23.2. The van der Waals surface area contributed by atoms with E-state index >= 15 is 4.39 Å². The molecule has 48 heavy (non-hydrogen) atoms. The highest BCUT2D eigenvalue weighted by atomic mass is 19.3. The number of hydrogen-bond donors (Lipinski definition) is 2. The third-order valence-corrected chi connectivity index (χ3v) is 8.53. The zero-order valence-corrected chi connectivity index (χ0v) is 26.9. The van der Waals surface area contributed by atoms with Crippen molar-refractivity contribution in [2.24, 2.45) is 7.05 Å². The number of nitrogens with one attached hydrogen (secondary N) is 2. The summed E-state index contributed by atoms with van der Waals surface area (Å²) < 4.78 is 64.4. The zero-order valence-electron chi connectivity index (χ0n) is 26.9. The largest absolute Gasteiger partial charge is 0.494 e. The number of halogens is 3. The normalized spacial score (nSPS) is 16.8. The predicted octanol–water partition coefficient (Wildman–Crippen LogP) is 6.04. The molecule has 7 rings (SSSR count). The van der Waals surface area contributed by atoms with Gasteiger partial charge in [-0.1, -0.05) is 6.07 Å². The first-order valence-electron chi connectivity index (χ1n) is 15.6. The van der Waals surface area contributed by atoms with Crippen LogP contribution in [0.3, 0.4) is 0 Å². The highest BCUT2D eigenvalue weighted by Gasteiger charge is 2.31. The van der Waals surface area contributed by atoms with Crippen molar-refractivity contribution in [3.63, 3.8) is 0 Å². The van der Waals surface area contributed by atoms with Gasteiger partial charge >= 0.3 is 0 Å². The van der Waals surface area contributed by atoms with Crippen LogP contribution in [0, 0.1) is 12.7 Å². The molecule has 16 heteroatoms. The average Bonchev–Trinajstić information content (AvgIpc) is 3.61. The van der Waals surface area contributed by atoms with Crippen LogP contribution >= 0.6 is 0 Å². The number of methoxy groups -OCH3 is 2. The fourth-order valence-corrected chi connectivity index (χ4v) is 6.17. The topological polar surface area (TPSA) is 129 Å². The van der Waals surface area contributed by atoms with E-state index in [1.165, 1.54) is 23.9 Å². The van der Waals surface area contributed by atoms with E-state index in [1.54, 1.807) is 37.9 Å². The summed E-state index contributed by atoms with van der Waals surface area (Å²) in [7, 11) is 4.94. The number of pyridine rings is 2. The van der Waals surface area contributed by atoms with Gasteiger partial charge in [-0.15, -0.1) is 0 Å². The second-order valence-electron chi connectivity index (χ2n) is 11.7. The van der Waals surface area contributed by atoms with Crippen molar-refractivity contribution < 1.29 is 27.4 Å². The lowest BCUT2D eigenvalue weighted by Crippen LogP contribution is -2.52. The number of ether oxygens (including phenoxy) is 3. The maximum atomic E-state index is 15.2. The van der Waals surface area contributed by atoms with Crippen LogP contribution in [-0.2, 0) is 16.5 Å². The summed E-state index contributed by atoms with van der Waals surface area (Å²) in [5.74, 6) is 1.12. The minimum absolute atomic E-state index is 0.0454. The first kappa shape index (κ1) is 31.6. The fraction of sp³-hybridized carbons (Fsp3) is 0.406. The molecule has 0 radical (unpaired) electrons. The lowest BCUT2D eigenvalue weighted by atomic mass is 10.1. The molecule has 1 unspecified atom stereocenters. The van der Waals surface area contributed by atoms with Crippen LogP contribution in [-0.4, -0.2) is 74.3 Å². The van der Waals surface area contributed by atoms with Crippen molar-refractivity contribution in [2.45, 2.75) is 44.9 Å². The number of imidazole rings is 1. The highest BCUT2D eigenvalue weighted by molar-refractivity contribution is 5.92. The molecule has 1 aromatic carbocycles. The van der Waals surface area contributed by atoms with Crippen molar-refractivity contribution in [3.05, 3.63) is 54.0 Å². The standard InChI is InChI=1S/C32H35F3N10O3/c1-17-37-30(43(2)42-17)19-8-7-9-21(28(19)47-4)38-22-13-25(39-24-12-20(33)23(14-36-24)44-15-18(16-44)46-3)40-31-27(22)41-32(29(34)35)45(31)26-10-5-6-11-48-26/h7-9,12-14,18,26,29H,5-6,10-11,15-16H2,1-4H3,(H2,36,38,39,40). The number of rotatable bonds is 10. The smallest absolute Gasteiger partial charge is 0.295 e. The molecule has 0 aliphatic carbocycles. The van der Waals surface area contributed by atoms with E-state index in [0.29, 0.717) is 66.1 Å². The molecule has 2 N–H and O–H groups in total. The number of anilines is 5. The Bertz CT molecular complexity index is 1950. The third-order valence-electron chi connectivity index (χ3n) is 8.53. The molecule has 0 amide bonds. The summed E-state index contributed by atoms with van der Waals surface area (Å²) in [6.45, 7) is 3.36. The van der Waals surface area contributed by atoms with Crippen molar-refractivity contribution in [2.75, 3.05) is 49.4 Å². The SMILES string of the molecule is COc1c(Nc2cc(Nc3cc(F)c(N4CC(OC)C4)cn3)nc3c2nc(C(F)F)n3C2CCCCO2)cccc1-c1nc(C)nn1C. The second-order valence-corrected chi connectivity index (χ2v) is 11.7. The van der Waals surface area contributed by atoms with Crippen LogP contribution < -0.4 is 20.3 Å². The summed E-state index contributed by atoms with van der Waals surface area (Å²) in [5, 5.41) is 10.8. The molecule has 0 bridgehead atoms. The van der Waals surface area contributed by atoms with E-state index in [0.717, 1.165) is 12.8 Å². The van der Waals surface area contributed by atoms with Crippen LogP contribution in [0.5, 0.6) is 5.75 Å². The van der Waals surface area contributed by atoms with Crippen LogP contribution in [0.25, 0.3) is 22.6 Å². The van der Waals surface area contributed by atoms with Gasteiger partial charge in [-0.25, -0.2) is 37.8 Å². The molecule has 2 saturated heterocycles. The van der Waals surface area contributed by atoms with Gasteiger partial charge in [-0.2, -0.15) is 5.10 Å². The van der Waals surface area contributed by atoms with Gasteiger partial charge in [-0.3, -0.25) is 4.57 Å². The van der Waals surface area contributed by atoms with E-state index in [-0.39, 0.29) is 28.9 Å². The van der Waals surface area contributed by atoms with Gasteiger partial charge in [0.1, 0.15) is 29.2 Å². The Kier molecular flexibility index (Phi) is 8.51. The van der Waals surface area contributed by atoms with E-state index < -0.39 is 24.3 Å². The number of benzene rings is 1. The second kappa shape index (κ2) is 12.9. The number of aryl methyl sites for hydroxylation is 2. The summed E-state index contributed by atoms with van der Waals surface area (Å²) in [5.41, 5.74) is 2.28. The summed E-state index contributed by atoms with van der Waals surface area (Å²) in [4.78, 5) is 19.9. The van der Waals surface area contributed by atoms with Crippen molar-refractivity contribution in [3.8, 4) is 17.1 Å². The Morgan fingerprint density at radius 3 is 2.52 bits per heavy atom. The monoisotopic (exact) mass is 664 g/mol. The number of alkyl halides is 2. The summed E-state index contributed by atoms with van der Waals surface area (Å²) >= 11 is 0. The molecule has 4 aromatic heterocycles. The minimum atomic E-state index is -2.89. The maximum absolute atomic E-state index is 15.2. The lowest BCUT2D eigenvalue weighted by Gasteiger charge is -2.39. The Balaban J connectivity index is 1.32. The van der Waals surface area contributed by atoms with Gasteiger partial charge in [0.05, 0.1) is 42.0 Å². The number of fused-ring (bicyclic) bond motifs is 1. The average molecular weight is 665 g/mol. The predicted molar refractivity (Wildman–Crippen MR) is 173 cm³/mol. The van der Waals surface area contributed by atoms with Gasteiger partial charge < -0.3 is 29.7 Å². The van der Waals surface area contributed by atoms with Gasteiger partial charge in [0.2, 0.25) is 0 Å². The van der Waals surface area contributed by atoms with Crippen LogP contribution in [0.1, 0.15) is 43.6 Å². The van der Waals surface area contributed by atoms with E-state index in [2.05, 4.69) is 30.7 Å². The number of para-hydroxylation sites is 1. The molecule has 13 nitrogen and oxygen atoms in total. The molecular weight excluding hydrogens is 629 g/mol. The Morgan fingerprint density at radius 1 is 1.02 bits per heavy atom. The maximum Gasteiger partial charge on any atom is 0.295 e. The van der Waals surface area contributed by atoms with Crippen LogP contribution in [0.2, 0.25) is 0 Å². The van der Waals surface area contributed by atoms with E-state index in [9.17, 15) is 8.78 Å². The molecule has 6 heterocycles. The van der Waals surface area contributed by atoms with Gasteiger partial charge in [0.15, 0.2) is 28.9 Å². The Hall–Kier alpha value is -4.96. The Labute approximate surface area is 274 Å². The number of nitrogens with zero attached hydrogens (tertiary/aromatic N) is 8. The third kappa shape index (κ3) is 5.85. The Morgan fingerprint density at radius 2 is 1.85 bits per heavy atom. The lowest BCUT2D eigenvalue weighted by molar-refractivity contribution is -0.0363. The fourth-order valence-electron chi connectivity index (χ4n) is 6.17. The molecular formula is C32H35F3N10O3. The summed E-state index contributed by atoms with van der Waals surface area (Å²) in [6, 6.07) is 8.35.